The first-order chi connectivity index (χ1) is 9.72. The van der Waals surface area contributed by atoms with Crippen LogP contribution in [-0.4, -0.2) is 27.9 Å². The van der Waals surface area contributed by atoms with Crippen LogP contribution in [0.1, 0.15) is 30.6 Å². The van der Waals surface area contributed by atoms with Crippen LogP contribution < -0.4 is 5.32 Å². The number of carbonyl (C=O) groups is 2. The maximum atomic E-state index is 12.1. The molecule has 1 unspecified atom stereocenters. The number of hydrogen-bond donors (Lipinski definition) is 2. The van der Waals surface area contributed by atoms with Crippen molar-refractivity contribution in [3.8, 4) is 0 Å². The average Bonchev–Trinajstić information content (AvgIpc) is 2.37. The Kier molecular flexibility index (Phi) is 5.83. The molecule has 7 nitrogen and oxygen atoms in total. The van der Waals surface area contributed by atoms with Gasteiger partial charge in [0.15, 0.2) is 0 Å². The summed E-state index contributed by atoms with van der Waals surface area (Å²) < 4.78 is 0.360. The monoisotopic (exact) mass is 358 g/mol. The standard InChI is InChI=1S/C13H15BrN2O5/c1-7(2)5-11(13(18)19)15-12(17)9-6-8(16(20)21)3-4-10(9)14/h3-4,6-7,11H,5H2,1-2H3,(H,15,17)(H,18,19). The van der Waals surface area contributed by atoms with Gasteiger partial charge in [-0.3, -0.25) is 14.9 Å². The second-order valence-corrected chi connectivity index (χ2v) is 5.77. The molecule has 1 aromatic carbocycles. The van der Waals surface area contributed by atoms with Gasteiger partial charge in [-0.1, -0.05) is 13.8 Å². The van der Waals surface area contributed by atoms with E-state index in [-0.39, 0.29) is 23.6 Å². The first-order valence-corrected chi connectivity index (χ1v) is 6.99. The molecular formula is C13H15BrN2O5. The van der Waals surface area contributed by atoms with Crippen LogP contribution in [0.2, 0.25) is 0 Å². The van der Waals surface area contributed by atoms with Crippen LogP contribution in [0, 0.1) is 16.0 Å². The Labute approximate surface area is 129 Å². The first-order valence-electron chi connectivity index (χ1n) is 6.20. The minimum absolute atomic E-state index is 0.0270. The Balaban J connectivity index is 2.99. The number of nitro benzene ring substituents is 1. The van der Waals surface area contributed by atoms with Gasteiger partial charge in [0.05, 0.1) is 10.5 Å². The number of rotatable bonds is 6. The fourth-order valence-corrected chi connectivity index (χ4v) is 2.16. The Morgan fingerprint density at radius 3 is 2.52 bits per heavy atom. The topological polar surface area (TPSA) is 110 Å². The molecule has 1 atom stereocenters. The summed E-state index contributed by atoms with van der Waals surface area (Å²) in [7, 11) is 0. The van der Waals surface area contributed by atoms with Crippen LogP contribution in [0.4, 0.5) is 5.69 Å². The van der Waals surface area contributed by atoms with Gasteiger partial charge < -0.3 is 10.4 Å². The molecule has 0 fully saturated rings. The SMILES string of the molecule is CC(C)CC(NC(=O)c1cc([N+](=O)[O-])ccc1Br)C(=O)O. The molecule has 0 spiro atoms. The van der Waals surface area contributed by atoms with E-state index < -0.39 is 22.8 Å². The van der Waals surface area contributed by atoms with Gasteiger partial charge in [-0.2, -0.15) is 0 Å². The highest BCUT2D eigenvalue weighted by Gasteiger charge is 2.23. The minimum atomic E-state index is -1.14. The lowest BCUT2D eigenvalue weighted by Crippen LogP contribution is -2.41. The quantitative estimate of drug-likeness (QED) is 0.599. The van der Waals surface area contributed by atoms with Crippen molar-refractivity contribution in [3.63, 3.8) is 0 Å². The third-order valence-corrected chi connectivity index (χ3v) is 3.41. The van der Waals surface area contributed by atoms with E-state index in [1.165, 1.54) is 12.1 Å². The molecule has 21 heavy (non-hydrogen) atoms. The second-order valence-electron chi connectivity index (χ2n) is 4.92. The van der Waals surface area contributed by atoms with E-state index in [4.69, 9.17) is 5.11 Å². The zero-order valence-electron chi connectivity index (χ0n) is 11.5. The fourth-order valence-electron chi connectivity index (χ4n) is 1.73. The molecule has 8 heteroatoms. The van der Waals surface area contributed by atoms with Crippen molar-refractivity contribution in [3.05, 3.63) is 38.3 Å². The zero-order valence-corrected chi connectivity index (χ0v) is 13.1. The zero-order chi connectivity index (χ0) is 16.2. The number of hydrogen-bond acceptors (Lipinski definition) is 4. The molecule has 0 aliphatic rings. The van der Waals surface area contributed by atoms with Crippen molar-refractivity contribution < 1.29 is 19.6 Å². The van der Waals surface area contributed by atoms with Gasteiger partial charge in [-0.05, 0) is 34.3 Å². The number of nitrogens with zero attached hydrogens (tertiary/aromatic N) is 1. The summed E-state index contributed by atoms with van der Waals surface area (Å²) in [5.41, 5.74) is -0.210. The van der Waals surface area contributed by atoms with Crippen molar-refractivity contribution >= 4 is 33.5 Å². The van der Waals surface area contributed by atoms with E-state index in [1.54, 1.807) is 0 Å². The smallest absolute Gasteiger partial charge is 0.326 e. The molecule has 114 valence electrons. The summed E-state index contributed by atoms with van der Waals surface area (Å²) in [6.07, 6.45) is 0.271. The number of aliphatic carboxylic acids is 1. The highest BCUT2D eigenvalue weighted by molar-refractivity contribution is 9.10. The molecule has 0 aliphatic carbocycles. The molecular weight excluding hydrogens is 344 g/mol. The number of halogens is 1. The van der Waals surface area contributed by atoms with Crippen LogP contribution in [0.15, 0.2) is 22.7 Å². The van der Waals surface area contributed by atoms with Crippen LogP contribution in [0.3, 0.4) is 0 Å². The lowest BCUT2D eigenvalue weighted by molar-refractivity contribution is -0.384. The Bertz CT molecular complexity index is 574. The van der Waals surface area contributed by atoms with Crippen LogP contribution >= 0.6 is 15.9 Å². The number of amides is 1. The lowest BCUT2D eigenvalue weighted by Gasteiger charge is -2.16. The summed E-state index contributed by atoms with van der Waals surface area (Å²) >= 11 is 3.13. The first kappa shape index (κ1) is 17.1. The van der Waals surface area contributed by atoms with Crippen molar-refractivity contribution in [1.29, 1.82) is 0 Å². The summed E-state index contributed by atoms with van der Waals surface area (Å²) in [5, 5.41) is 22.2. The average molecular weight is 359 g/mol. The third kappa shape index (κ3) is 4.82. The van der Waals surface area contributed by atoms with E-state index >= 15 is 0 Å². The summed E-state index contributed by atoms with van der Waals surface area (Å²) in [6, 6.07) is 2.70. The van der Waals surface area contributed by atoms with E-state index in [0.29, 0.717) is 4.47 Å². The molecule has 2 N–H and O–H groups in total. The van der Waals surface area contributed by atoms with Gasteiger partial charge in [-0.15, -0.1) is 0 Å². The normalized spacial score (nSPS) is 12.0. The van der Waals surface area contributed by atoms with Gasteiger partial charge in [-0.25, -0.2) is 4.79 Å². The molecule has 0 aromatic heterocycles. The fraction of sp³-hybridized carbons (Fsp3) is 0.385. The van der Waals surface area contributed by atoms with E-state index in [0.717, 1.165) is 6.07 Å². The summed E-state index contributed by atoms with van der Waals surface area (Å²) in [5.74, 6) is -1.72. The minimum Gasteiger partial charge on any atom is -0.480 e. The number of nitro groups is 1. The van der Waals surface area contributed by atoms with Crippen molar-refractivity contribution in [1.82, 2.24) is 5.32 Å². The summed E-state index contributed by atoms with van der Waals surface area (Å²) in [4.78, 5) is 33.3. The molecule has 0 heterocycles. The van der Waals surface area contributed by atoms with Gasteiger partial charge in [0.2, 0.25) is 0 Å². The summed E-state index contributed by atoms with van der Waals surface area (Å²) in [6.45, 7) is 3.68. The number of carboxylic acid groups (broad SMARTS) is 1. The van der Waals surface area contributed by atoms with Gasteiger partial charge in [0.1, 0.15) is 6.04 Å². The van der Waals surface area contributed by atoms with Crippen molar-refractivity contribution in [2.45, 2.75) is 26.3 Å². The van der Waals surface area contributed by atoms with Gasteiger partial charge in [0, 0.05) is 16.6 Å². The predicted molar refractivity (Wildman–Crippen MR) is 79.1 cm³/mol. The largest absolute Gasteiger partial charge is 0.480 e. The number of nitrogens with one attached hydrogen (secondary N) is 1. The Morgan fingerprint density at radius 2 is 2.05 bits per heavy atom. The van der Waals surface area contributed by atoms with Crippen LogP contribution in [0.5, 0.6) is 0 Å². The van der Waals surface area contributed by atoms with Crippen molar-refractivity contribution in [2.24, 2.45) is 5.92 Å². The van der Waals surface area contributed by atoms with Gasteiger partial charge >= 0.3 is 5.97 Å². The number of carboxylic acids is 1. The predicted octanol–water partition coefficient (Wildman–Crippen LogP) is 2.59. The molecule has 0 saturated carbocycles. The van der Waals surface area contributed by atoms with E-state index in [9.17, 15) is 19.7 Å². The maximum absolute atomic E-state index is 12.1. The van der Waals surface area contributed by atoms with Crippen LogP contribution in [0.25, 0.3) is 0 Å². The third-order valence-electron chi connectivity index (χ3n) is 2.72. The molecule has 0 aliphatic heterocycles. The molecule has 0 saturated heterocycles. The second kappa shape index (κ2) is 7.16. The van der Waals surface area contributed by atoms with Crippen molar-refractivity contribution in [2.75, 3.05) is 0 Å². The highest BCUT2D eigenvalue weighted by Crippen LogP contribution is 2.22. The molecule has 1 amide bonds. The molecule has 0 radical (unpaired) electrons. The number of benzene rings is 1. The maximum Gasteiger partial charge on any atom is 0.326 e. The molecule has 1 rings (SSSR count). The number of non-ortho nitro benzene ring substituents is 1. The number of carbonyl (C=O) groups excluding carboxylic acids is 1. The Hall–Kier alpha value is -1.96. The molecule has 1 aromatic rings. The highest BCUT2D eigenvalue weighted by atomic mass is 79.9. The van der Waals surface area contributed by atoms with Crippen LogP contribution in [-0.2, 0) is 4.79 Å². The lowest BCUT2D eigenvalue weighted by atomic mass is 10.0. The molecule has 0 bridgehead atoms. The van der Waals surface area contributed by atoms with E-state index in [2.05, 4.69) is 21.2 Å². The Morgan fingerprint density at radius 1 is 1.43 bits per heavy atom. The van der Waals surface area contributed by atoms with Gasteiger partial charge in [0.25, 0.3) is 11.6 Å². The van der Waals surface area contributed by atoms with E-state index in [1.807, 2.05) is 13.8 Å².